The second kappa shape index (κ2) is 12.3. The van der Waals surface area contributed by atoms with E-state index in [4.69, 9.17) is 21.1 Å². The summed E-state index contributed by atoms with van der Waals surface area (Å²) >= 11 is 5.98. The van der Waals surface area contributed by atoms with Gasteiger partial charge in [0.1, 0.15) is 11.7 Å². The number of rotatable bonds is 5. The van der Waals surface area contributed by atoms with E-state index >= 15 is 0 Å². The first kappa shape index (κ1) is 30.7. The molecule has 2 atom stereocenters. The Balaban J connectivity index is 1.52. The van der Waals surface area contributed by atoms with Crippen molar-refractivity contribution >= 4 is 35.4 Å². The predicted molar refractivity (Wildman–Crippen MR) is 151 cm³/mol. The molecule has 3 aromatic rings. The van der Waals surface area contributed by atoms with Crippen molar-refractivity contribution < 1.29 is 37.0 Å². The summed E-state index contributed by atoms with van der Waals surface area (Å²) in [6.07, 6.45) is -6.11. The summed E-state index contributed by atoms with van der Waals surface area (Å²) in [5, 5.41) is 5.80. The summed E-state index contributed by atoms with van der Waals surface area (Å²) in [6, 6.07) is 15.9. The monoisotopic (exact) mass is 603 g/mol. The van der Waals surface area contributed by atoms with Crippen molar-refractivity contribution in [2.45, 2.75) is 44.7 Å². The number of alkyl halides is 3. The van der Waals surface area contributed by atoms with E-state index in [0.29, 0.717) is 16.3 Å². The van der Waals surface area contributed by atoms with Crippen LogP contribution in [0.4, 0.5) is 28.4 Å². The number of nitrogens with one attached hydrogen (secondary N) is 2. The molecule has 0 spiro atoms. The van der Waals surface area contributed by atoms with Crippen LogP contribution in [0.2, 0.25) is 5.02 Å². The highest BCUT2D eigenvalue weighted by Crippen LogP contribution is 2.32. The van der Waals surface area contributed by atoms with E-state index in [1.807, 2.05) is 0 Å². The summed E-state index contributed by atoms with van der Waals surface area (Å²) < 4.78 is 50.8. The molecule has 0 aliphatic carbocycles. The number of ether oxygens (including phenoxy) is 2. The van der Waals surface area contributed by atoms with Crippen LogP contribution in [0.5, 0.6) is 0 Å². The van der Waals surface area contributed by atoms with Gasteiger partial charge in [0, 0.05) is 17.3 Å². The lowest BCUT2D eigenvalue weighted by molar-refractivity contribution is -0.137. The minimum Gasteiger partial charge on any atom is -0.455 e. The van der Waals surface area contributed by atoms with Crippen LogP contribution < -0.4 is 10.6 Å². The van der Waals surface area contributed by atoms with Gasteiger partial charge in [-0.2, -0.15) is 13.2 Å². The number of halogens is 4. The van der Waals surface area contributed by atoms with E-state index in [1.165, 1.54) is 35.2 Å². The van der Waals surface area contributed by atoms with Crippen LogP contribution in [0.25, 0.3) is 11.1 Å². The summed E-state index contributed by atoms with van der Waals surface area (Å²) in [6.45, 7) is 5.08. The fourth-order valence-electron chi connectivity index (χ4n) is 4.32. The fourth-order valence-corrected chi connectivity index (χ4v) is 4.51. The van der Waals surface area contributed by atoms with Gasteiger partial charge in [0.25, 0.3) is 0 Å². The van der Waals surface area contributed by atoms with Crippen LogP contribution in [0.1, 0.15) is 36.7 Å². The molecule has 0 bridgehead atoms. The number of nitrogens with zero attached hydrogens (tertiary/aromatic N) is 1. The standard InChI is InChI=1S/C30H29ClF3N3O5/c1-29(2,3)42-28(40)37-16-24(36-27(39)35-23-12-6-11-22(31)15-23)25(17-37)41-26(38)20-9-4-7-18(13-20)19-8-5-10-21(14-19)30(32,33)34/h4-15,24-25H,16-17H2,1-3H3,(H2,35,36,39)/t24-,25-/m0/s1. The molecule has 1 saturated heterocycles. The smallest absolute Gasteiger partial charge is 0.416 e. The number of benzene rings is 3. The molecule has 1 aliphatic heterocycles. The van der Waals surface area contributed by atoms with Crippen molar-refractivity contribution in [1.29, 1.82) is 0 Å². The number of hydrogen-bond acceptors (Lipinski definition) is 5. The van der Waals surface area contributed by atoms with E-state index in [1.54, 1.807) is 51.1 Å². The number of anilines is 1. The predicted octanol–water partition coefficient (Wildman–Crippen LogP) is 6.99. The summed E-state index contributed by atoms with van der Waals surface area (Å²) in [5.41, 5.74) is -0.416. The Labute approximate surface area is 245 Å². The zero-order chi connectivity index (χ0) is 30.7. The molecule has 1 heterocycles. The molecule has 1 fully saturated rings. The number of likely N-dealkylation sites (tertiary alicyclic amines) is 1. The van der Waals surface area contributed by atoms with Gasteiger partial charge in [0.05, 0.1) is 23.7 Å². The summed E-state index contributed by atoms with van der Waals surface area (Å²) in [7, 11) is 0. The number of amides is 3. The quantitative estimate of drug-likeness (QED) is 0.306. The Hall–Kier alpha value is -4.25. The topological polar surface area (TPSA) is 97.0 Å². The third-order valence-electron chi connectivity index (χ3n) is 6.20. The maximum absolute atomic E-state index is 13.2. The van der Waals surface area contributed by atoms with Gasteiger partial charge >= 0.3 is 24.3 Å². The van der Waals surface area contributed by atoms with Crippen LogP contribution in [0.15, 0.2) is 72.8 Å². The van der Waals surface area contributed by atoms with E-state index in [-0.39, 0.29) is 24.2 Å². The van der Waals surface area contributed by atoms with E-state index < -0.39 is 47.6 Å². The van der Waals surface area contributed by atoms with Gasteiger partial charge in [-0.1, -0.05) is 41.9 Å². The molecule has 0 saturated carbocycles. The molecule has 1 aliphatic rings. The Bertz CT molecular complexity index is 1470. The molecule has 4 rings (SSSR count). The fraction of sp³-hybridized carbons (Fsp3) is 0.300. The Morgan fingerprint density at radius 2 is 1.57 bits per heavy atom. The van der Waals surface area contributed by atoms with Crippen molar-refractivity contribution in [2.75, 3.05) is 18.4 Å². The zero-order valence-electron chi connectivity index (χ0n) is 23.0. The minimum atomic E-state index is -4.52. The number of urea groups is 1. The van der Waals surface area contributed by atoms with Gasteiger partial charge in [-0.25, -0.2) is 14.4 Å². The van der Waals surface area contributed by atoms with Crippen LogP contribution >= 0.6 is 11.6 Å². The first-order chi connectivity index (χ1) is 19.7. The molecule has 8 nitrogen and oxygen atoms in total. The van der Waals surface area contributed by atoms with Crippen LogP contribution in [-0.2, 0) is 15.7 Å². The van der Waals surface area contributed by atoms with Gasteiger partial charge in [0.2, 0.25) is 0 Å². The minimum absolute atomic E-state index is 0.0000993. The van der Waals surface area contributed by atoms with Gasteiger partial charge in [-0.15, -0.1) is 0 Å². The molecule has 0 unspecified atom stereocenters. The molecule has 42 heavy (non-hydrogen) atoms. The largest absolute Gasteiger partial charge is 0.455 e. The van der Waals surface area contributed by atoms with Gasteiger partial charge in [0.15, 0.2) is 0 Å². The summed E-state index contributed by atoms with van der Waals surface area (Å²) in [5.74, 6) is -0.776. The number of carbonyl (C=O) groups is 3. The number of esters is 1. The third kappa shape index (κ3) is 8.16. The van der Waals surface area contributed by atoms with Gasteiger partial charge < -0.3 is 25.0 Å². The zero-order valence-corrected chi connectivity index (χ0v) is 23.8. The second-order valence-electron chi connectivity index (χ2n) is 10.7. The maximum atomic E-state index is 13.2. The van der Waals surface area contributed by atoms with Crippen LogP contribution in [-0.4, -0.2) is 53.8 Å². The van der Waals surface area contributed by atoms with Crippen LogP contribution in [0, 0.1) is 0 Å². The van der Waals surface area contributed by atoms with Crippen LogP contribution in [0.3, 0.4) is 0 Å². The average Bonchev–Trinajstić information content (AvgIpc) is 3.29. The van der Waals surface area contributed by atoms with Crippen molar-refractivity contribution in [3.8, 4) is 11.1 Å². The van der Waals surface area contributed by atoms with Gasteiger partial charge in [-0.05, 0) is 74.4 Å². The van der Waals surface area contributed by atoms with Crippen molar-refractivity contribution in [2.24, 2.45) is 0 Å². The highest BCUT2D eigenvalue weighted by molar-refractivity contribution is 6.30. The third-order valence-corrected chi connectivity index (χ3v) is 6.43. The Kier molecular flexibility index (Phi) is 9.00. The second-order valence-corrected chi connectivity index (χ2v) is 11.1. The summed E-state index contributed by atoms with van der Waals surface area (Å²) in [4.78, 5) is 40.0. The molecular formula is C30H29ClF3N3O5. The lowest BCUT2D eigenvalue weighted by Gasteiger charge is -2.24. The Morgan fingerprint density at radius 1 is 0.905 bits per heavy atom. The molecule has 3 amide bonds. The SMILES string of the molecule is CC(C)(C)OC(=O)N1C[C@H](NC(=O)Nc2cccc(Cl)c2)[C@@H](OC(=O)c2cccc(-c3cccc(C(F)(F)F)c3)c2)C1. The molecule has 3 aromatic carbocycles. The normalized spacial score (nSPS) is 17.0. The molecule has 0 radical (unpaired) electrons. The molecule has 222 valence electrons. The first-order valence-corrected chi connectivity index (χ1v) is 13.4. The van der Waals surface area contributed by atoms with E-state index in [0.717, 1.165) is 12.1 Å². The first-order valence-electron chi connectivity index (χ1n) is 13.0. The molecule has 2 N–H and O–H groups in total. The lowest BCUT2D eigenvalue weighted by atomic mass is 10.0. The maximum Gasteiger partial charge on any atom is 0.416 e. The van der Waals surface area contributed by atoms with E-state index in [2.05, 4.69) is 10.6 Å². The highest BCUT2D eigenvalue weighted by Gasteiger charge is 2.40. The molecular weight excluding hydrogens is 575 g/mol. The van der Waals surface area contributed by atoms with Gasteiger partial charge in [-0.3, -0.25) is 0 Å². The number of hydrogen-bond donors (Lipinski definition) is 2. The van der Waals surface area contributed by atoms with Crippen molar-refractivity contribution in [3.05, 3.63) is 88.9 Å². The van der Waals surface area contributed by atoms with Crippen molar-refractivity contribution in [3.63, 3.8) is 0 Å². The lowest BCUT2D eigenvalue weighted by Crippen LogP contribution is -2.46. The van der Waals surface area contributed by atoms with E-state index in [9.17, 15) is 27.6 Å². The average molecular weight is 604 g/mol. The molecule has 12 heteroatoms. The number of carbonyl (C=O) groups excluding carboxylic acids is 3. The Morgan fingerprint density at radius 3 is 2.24 bits per heavy atom. The highest BCUT2D eigenvalue weighted by atomic mass is 35.5. The molecule has 0 aromatic heterocycles. The van der Waals surface area contributed by atoms with Crippen molar-refractivity contribution in [1.82, 2.24) is 10.2 Å².